The minimum Gasteiger partial charge on any atom is -0.338 e. The van der Waals surface area contributed by atoms with Crippen LogP contribution in [-0.2, 0) is 0 Å². The van der Waals surface area contributed by atoms with Gasteiger partial charge < -0.3 is 10.3 Å². The molecule has 1 aromatic carbocycles. The maximum atomic E-state index is 13.2. The van der Waals surface area contributed by atoms with Gasteiger partial charge in [-0.1, -0.05) is 12.6 Å². The third-order valence-corrected chi connectivity index (χ3v) is 5.74. The summed E-state index contributed by atoms with van der Waals surface area (Å²) in [4.78, 5) is 46.1. The van der Waals surface area contributed by atoms with Crippen LogP contribution in [-0.4, -0.2) is 42.1 Å². The van der Waals surface area contributed by atoms with Gasteiger partial charge in [0, 0.05) is 42.5 Å². The molecule has 0 bridgehead atoms. The lowest BCUT2D eigenvalue weighted by molar-refractivity contribution is 0.252. The summed E-state index contributed by atoms with van der Waals surface area (Å²) >= 11 is 0. The van der Waals surface area contributed by atoms with Crippen LogP contribution in [0.25, 0.3) is 39.2 Å². The molecule has 0 atom stereocenters. The van der Waals surface area contributed by atoms with E-state index in [2.05, 4.69) is 42.1 Å². The second-order valence-electron chi connectivity index (χ2n) is 8.28. The molecular formula is C27H24N8O2. The fourth-order valence-electron chi connectivity index (χ4n) is 4.13. The van der Waals surface area contributed by atoms with E-state index in [0.29, 0.717) is 51.6 Å². The normalized spacial score (nSPS) is 10.9. The van der Waals surface area contributed by atoms with Crippen molar-refractivity contribution in [2.24, 2.45) is 0 Å². The molecule has 184 valence electrons. The lowest BCUT2D eigenvalue weighted by atomic mass is 10.0. The number of nitrogens with zero attached hydrogens (tertiary/aromatic N) is 5. The van der Waals surface area contributed by atoms with E-state index in [1.54, 1.807) is 30.7 Å². The summed E-state index contributed by atoms with van der Waals surface area (Å²) in [5.41, 5.74) is 4.98. The van der Waals surface area contributed by atoms with Crippen LogP contribution in [0.4, 0.5) is 10.7 Å². The number of hydrogen-bond donors (Lipinski definition) is 3. The number of aryl methyl sites for hydroxylation is 1. The number of rotatable bonds is 6. The Morgan fingerprint density at radius 2 is 1.78 bits per heavy atom. The SMILES string of the molecule is C=C(c1ccccn1)n1c(C)cc(-c2cc(-c3ncccn3)c3nc(NC(=O)NCC)[nH]c3c2)cc1=O. The zero-order chi connectivity index (χ0) is 25.9. The van der Waals surface area contributed by atoms with Crippen molar-refractivity contribution >= 4 is 28.7 Å². The molecule has 0 fully saturated rings. The molecule has 0 radical (unpaired) electrons. The van der Waals surface area contributed by atoms with Gasteiger partial charge in [0.1, 0.15) is 5.52 Å². The molecule has 0 aliphatic heterocycles. The van der Waals surface area contributed by atoms with Crippen LogP contribution >= 0.6 is 0 Å². The predicted octanol–water partition coefficient (Wildman–Crippen LogP) is 4.21. The number of hydrogen-bond acceptors (Lipinski definition) is 6. The summed E-state index contributed by atoms with van der Waals surface area (Å²) in [5.74, 6) is 0.757. The third kappa shape index (κ3) is 4.72. The van der Waals surface area contributed by atoms with E-state index in [4.69, 9.17) is 0 Å². The van der Waals surface area contributed by atoms with Crippen LogP contribution in [0.2, 0.25) is 0 Å². The zero-order valence-corrected chi connectivity index (χ0v) is 20.3. The van der Waals surface area contributed by atoms with E-state index in [1.165, 1.54) is 4.57 Å². The number of aromatic amines is 1. The highest BCUT2D eigenvalue weighted by Crippen LogP contribution is 2.32. The molecule has 0 spiro atoms. The number of fused-ring (bicyclic) bond motifs is 1. The summed E-state index contributed by atoms with van der Waals surface area (Å²) in [7, 11) is 0. The number of amides is 2. The Kier molecular flexibility index (Phi) is 6.29. The molecule has 5 rings (SSSR count). The van der Waals surface area contributed by atoms with E-state index in [-0.39, 0.29) is 17.5 Å². The zero-order valence-electron chi connectivity index (χ0n) is 20.3. The fourth-order valence-corrected chi connectivity index (χ4v) is 4.13. The molecule has 0 aliphatic carbocycles. The number of H-pyrrole nitrogens is 1. The van der Waals surface area contributed by atoms with Crippen LogP contribution < -0.4 is 16.2 Å². The maximum Gasteiger partial charge on any atom is 0.321 e. The first-order valence-corrected chi connectivity index (χ1v) is 11.7. The Bertz CT molecular complexity index is 1670. The summed E-state index contributed by atoms with van der Waals surface area (Å²) in [6, 6.07) is 14.1. The minimum absolute atomic E-state index is 0.230. The molecule has 4 aromatic heterocycles. The van der Waals surface area contributed by atoms with Crippen molar-refractivity contribution in [2.75, 3.05) is 11.9 Å². The highest BCUT2D eigenvalue weighted by atomic mass is 16.2. The lowest BCUT2D eigenvalue weighted by Crippen LogP contribution is -2.28. The monoisotopic (exact) mass is 492 g/mol. The smallest absolute Gasteiger partial charge is 0.321 e. The summed E-state index contributed by atoms with van der Waals surface area (Å²) < 4.78 is 1.54. The Morgan fingerprint density at radius 3 is 2.49 bits per heavy atom. The van der Waals surface area contributed by atoms with Crippen molar-refractivity contribution in [1.82, 2.24) is 34.8 Å². The van der Waals surface area contributed by atoms with E-state index >= 15 is 0 Å². The maximum absolute atomic E-state index is 13.2. The Hall–Kier alpha value is -5.12. The molecule has 2 amide bonds. The average molecular weight is 493 g/mol. The van der Waals surface area contributed by atoms with Crippen molar-refractivity contribution < 1.29 is 4.79 Å². The van der Waals surface area contributed by atoms with Gasteiger partial charge in [0.25, 0.3) is 5.56 Å². The van der Waals surface area contributed by atoms with Gasteiger partial charge in [-0.05, 0) is 61.4 Å². The van der Waals surface area contributed by atoms with Crippen molar-refractivity contribution in [3.8, 4) is 22.5 Å². The molecule has 3 N–H and O–H groups in total. The average Bonchev–Trinajstić information content (AvgIpc) is 3.31. The van der Waals surface area contributed by atoms with Crippen molar-refractivity contribution in [1.29, 1.82) is 0 Å². The van der Waals surface area contributed by atoms with Gasteiger partial charge in [-0.3, -0.25) is 19.7 Å². The molecule has 0 unspecified atom stereocenters. The van der Waals surface area contributed by atoms with Crippen LogP contribution in [0.5, 0.6) is 0 Å². The number of benzene rings is 1. The highest BCUT2D eigenvalue weighted by molar-refractivity contribution is 5.97. The number of aromatic nitrogens is 6. The number of urea groups is 1. The number of nitrogens with one attached hydrogen (secondary N) is 3. The van der Waals surface area contributed by atoms with E-state index < -0.39 is 0 Å². The van der Waals surface area contributed by atoms with Gasteiger partial charge in [-0.25, -0.2) is 19.7 Å². The van der Waals surface area contributed by atoms with Crippen LogP contribution in [0, 0.1) is 6.92 Å². The van der Waals surface area contributed by atoms with E-state index in [1.807, 2.05) is 50.2 Å². The standard InChI is InChI=1S/C27H24N8O2/c1-4-28-27(37)34-26-32-22-14-19(13-20(24(22)33-26)25-30-10-7-11-31-25)18-12-16(2)35(23(36)15-18)17(3)21-8-5-6-9-29-21/h5-15H,3-4H2,1-2H3,(H3,28,32,33,34,37). The number of imidazole rings is 1. The van der Waals surface area contributed by atoms with Crippen molar-refractivity contribution in [2.45, 2.75) is 13.8 Å². The van der Waals surface area contributed by atoms with Crippen molar-refractivity contribution in [3.05, 3.63) is 95.4 Å². The predicted molar refractivity (Wildman–Crippen MR) is 143 cm³/mol. The summed E-state index contributed by atoms with van der Waals surface area (Å²) in [5, 5.41) is 5.37. The molecule has 4 heterocycles. The number of carbonyl (C=O) groups is 1. The Balaban J connectivity index is 1.62. The van der Waals surface area contributed by atoms with Crippen LogP contribution in [0.1, 0.15) is 18.3 Å². The molecule has 10 nitrogen and oxygen atoms in total. The lowest BCUT2D eigenvalue weighted by Gasteiger charge is -2.14. The number of carbonyl (C=O) groups excluding carboxylic acids is 1. The highest BCUT2D eigenvalue weighted by Gasteiger charge is 2.17. The Labute approximate surface area is 212 Å². The Morgan fingerprint density at radius 1 is 1.03 bits per heavy atom. The first-order valence-electron chi connectivity index (χ1n) is 11.7. The summed E-state index contributed by atoms with van der Waals surface area (Å²) in [6.45, 7) is 8.25. The summed E-state index contributed by atoms with van der Waals surface area (Å²) in [6.07, 6.45) is 4.96. The van der Waals surface area contributed by atoms with Crippen LogP contribution in [0.3, 0.4) is 0 Å². The van der Waals surface area contributed by atoms with Gasteiger partial charge in [-0.15, -0.1) is 0 Å². The second-order valence-corrected chi connectivity index (χ2v) is 8.28. The molecule has 37 heavy (non-hydrogen) atoms. The van der Waals surface area contributed by atoms with Crippen LogP contribution in [0.15, 0.2) is 78.5 Å². The first-order chi connectivity index (χ1) is 17.9. The fraction of sp³-hybridized carbons (Fsp3) is 0.111. The van der Waals surface area contributed by atoms with Gasteiger partial charge in [0.2, 0.25) is 5.95 Å². The second kappa shape index (κ2) is 9.86. The molecule has 0 aliphatic rings. The quantitative estimate of drug-likeness (QED) is 0.325. The number of pyridine rings is 2. The van der Waals surface area contributed by atoms with Gasteiger partial charge in [0.15, 0.2) is 5.82 Å². The molecule has 10 heteroatoms. The molecule has 5 aromatic rings. The molecule has 0 saturated heterocycles. The van der Waals surface area contributed by atoms with E-state index in [0.717, 1.165) is 5.56 Å². The first kappa shape index (κ1) is 23.6. The van der Waals surface area contributed by atoms with Crippen molar-refractivity contribution in [3.63, 3.8) is 0 Å². The third-order valence-electron chi connectivity index (χ3n) is 5.74. The molecule has 0 saturated carbocycles. The largest absolute Gasteiger partial charge is 0.338 e. The number of anilines is 1. The van der Waals surface area contributed by atoms with Gasteiger partial charge in [-0.2, -0.15) is 0 Å². The minimum atomic E-state index is -0.369. The van der Waals surface area contributed by atoms with Gasteiger partial charge in [0.05, 0.1) is 16.9 Å². The topological polar surface area (TPSA) is 130 Å². The van der Waals surface area contributed by atoms with E-state index in [9.17, 15) is 9.59 Å². The van der Waals surface area contributed by atoms with Gasteiger partial charge >= 0.3 is 6.03 Å². The molecular weight excluding hydrogens is 468 g/mol.